The van der Waals surface area contributed by atoms with Crippen LogP contribution in [0.5, 0.6) is 5.75 Å². The van der Waals surface area contributed by atoms with Crippen LogP contribution in [-0.4, -0.2) is 15.3 Å². The fraction of sp³-hybridized carbons (Fsp3) is 0.214. The Bertz CT molecular complexity index is 535. The van der Waals surface area contributed by atoms with Gasteiger partial charge in [0.2, 0.25) is 9.04 Å². The molecule has 1 aromatic heterocycles. The summed E-state index contributed by atoms with van der Waals surface area (Å²) in [6.07, 6.45) is 1.90. The number of rotatable bonds is 4. The molecule has 2 rings (SSSR count). The second-order valence-corrected chi connectivity index (χ2v) is 7.67. The van der Waals surface area contributed by atoms with Crippen LogP contribution in [0.1, 0.15) is 10.4 Å². The highest BCUT2D eigenvalue weighted by Crippen LogP contribution is 2.31. The van der Waals surface area contributed by atoms with Crippen molar-refractivity contribution in [3.63, 3.8) is 0 Å². The standard InChI is InChI=1S/C14H17NOSSi/c1-11-6-4-8-13(16-18(2)3)14(11)15-10-12-7-5-9-17-12/h4-10,18H,1-3H3. The Kier molecular flexibility index (Phi) is 4.33. The highest BCUT2D eigenvalue weighted by atomic mass is 32.1. The summed E-state index contributed by atoms with van der Waals surface area (Å²) in [7, 11) is -1.10. The smallest absolute Gasteiger partial charge is 0.229 e. The molecule has 0 aliphatic rings. The first-order valence-electron chi connectivity index (χ1n) is 6.00. The normalized spacial score (nSPS) is 11.3. The molecule has 0 bridgehead atoms. The summed E-state index contributed by atoms with van der Waals surface area (Å²) in [6.45, 7) is 6.39. The molecule has 18 heavy (non-hydrogen) atoms. The van der Waals surface area contributed by atoms with Crippen LogP contribution in [0, 0.1) is 6.92 Å². The summed E-state index contributed by atoms with van der Waals surface area (Å²) in [6, 6.07) is 10.2. The lowest BCUT2D eigenvalue weighted by Crippen LogP contribution is -2.11. The number of para-hydroxylation sites is 1. The topological polar surface area (TPSA) is 21.6 Å². The van der Waals surface area contributed by atoms with Crippen molar-refractivity contribution in [1.29, 1.82) is 0 Å². The van der Waals surface area contributed by atoms with Gasteiger partial charge < -0.3 is 4.43 Å². The highest BCUT2D eigenvalue weighted by Gasteiger charge is 2.07. The second kappa shape index (κ2) is 5.98. The minimum atomic E-state index is -1.10. The quantitative estimate of drug-likeness (QED) is 0.606. The SMILES string of the molecule is Cc1cccc(O[SiH](C)C)c1N=Cc1cccs1. The predicted molar refractivity (Wildman–Crippen MR) is 82.3 cm³/mol. The van der Waals surface area contributed by atoms with Crippen LogP contribution in [0.3, 0.4) is 0 Å². The van der Waals surface area contributed by atoms with Crippen LogP contribution in [-0.2, 0) is 0 Å². The predicted octanol–water partition coefficient (Wildman–Crippen LogP) is 4.17. The van der Waals surface area contributed by atoms with E-state index in [-0.39, 0.29) is 0 Å². The first-order valence-corrected chi connectivity index (χ1v) is 9.66. The highest BCUT2D eigenvalue weighted by molar-refractivity contribution is 7.11. The lowest BCUT2D eigenvalue weighted by atomic mass is 10.2. The van der Waals surface area contributed by atoms with Crippen LogP contribution >= 0.6 is 11.3 Å². The average Bonchev–Trinajstić information content (AvgIpc) is 2.80. The molecule has 0 spiro atoms. The third kappa shape index (κ3) is 3.30. The minimum Gasteiger partial charge on any atom is -0.546 e. The van der Waals surface area contributed by atoms with E-state index in [0.29, 0.717) is 0 Å². The first-order chi connectivity index (χ1) is 8.66. The Morgan fingerprint density at radius 2 is 2.06 bits per heavy atom. The molecule has 0 aliphatic carbocycles. The molecule has 2 aromatic rings. The number of aliphatic imine (C=N–C) groups is 1. The number of aryl methyl sites for hydroxylation is 1. The molecule has 1 aromatic carbocycles. The fourth-order valence-corrected chi connectivity index (χ4v) is 2.92. The number of benzene rings is 1. The Labute approximate surface area is 114 Å². The molecule has 4 heteroatoms. The number of nitrogens with zero attached hydrogens (tertiary/aromatic N) is 1. The zero-order valence-corrected chi connectivity index (χ0v) is 12.9. The van der Waals surface area contributed by atoms with Gasteiger partial charge in [-0.05, 0) is 43.1 Å². The van der Waals surface area contributed by atoms with E-state index in [1.807, 2.05) is 24.4 Å². The minimum absolute atomic E-state index is 0.907. The Morgan fingerprint density at radius 1 is 1.22 bits per heavy atom. The van der Waals surface area contributed by atoms with Gasteiger partial charge in [0.25, 0.3) is 0 Å². The molecule has 2 nitrogen and oxygen atoms in total. The molecule has 0 fully saturated rings. The van der Waals surface area contributed by atoms with Gasteiger partial charge in [0.05, 0.1) is 0 Å². The van der Waals surface area contributed by atoms with Crippen LogP contribution in [0.2, 0.25) is 13.1 Å². The van der Waals surface area contributed by atoms with Gasteiger partial charge in [-0.3, -0.25) is 4.99 Å². The number of hydrogen-bond donors (Lipinski definition) is 0. The van der Waals surface area contributed by atoms with E-state index in [9.17, 15) is 0 Å². The second-order valence-electron chi connectivity index (χ2n) is 4.36. The molecule has 0 saturated heterocycles. The largest absolute Gasteiger partial charge is 0.546 e. The third-order valence-corrected chi connectivity index (χ3v) is 3.96. The molecule has 0 amide bonds. The summed E-state index contributed by atoms with van der Waals surface area (Å²) in [4.78, 5) is 5.74. The van der Waals surface area contributed by atoms with Crippen LogP contribution < -0.4 is 4.43 Å². The zero-order chi connectivity index (χ0) is 13.0. The Morgan fingerprint density at radius 3 is 2.72 bits per heavy atom. The van der Waals surface area contributed by atoms with Crippen LogP contribution in [0.4, 0.5) is 5.69 Å². The molecule has 0 aliphatic heterocycles. The summed E-state index contributed by atoms with van der Waals surface area (Å²) in [5.41, 5.74) is 2.10. The lowest BCUT2D eigenvalue weighted by molar-refractivity contribution is 0.581. The van der Waals surface area contributed by atoms with E-state index in [1.165, 1.54) is 0 Å². The van der Waals surface area contributed by atoms with Gasteiger partial charge in [0.1, 0.15) is 11.4 Å². The van der Waals surface area contributed by atoms with Crippen LogP contribution in [0.25, 0.3) is 0 Å². The molecule has 0 radical (unpaired) electrons. The summed E-state index contributed by atoms with van der Waals surface area (Å²) in [5.74, 6) is 0.907. The monoisotopic (exact) mass is 275 g/mol. The molecular weight excluding hydrogens is 258 g/mol. The van der Waals surface area contributed by atoms with Crippen molar-refractivity contribution in [3.8, 4) is 5.75 Å². The lowest BCUT2D eigenvalue weighted by Gasteiger charge is -2.13. The van der Waals surface area contributed by atoms with Gasteiger partial charge in [-0.15, -0.1) is 11.3 Å². The molecule has 1 heterocycles. The zero-order valence-electron chi connectivity index (χ0n) is 10.9. The number of hydrogen-bond acceptors (Lipinski definition) is 3. The van der Waals surface area contributed by atoms with Gasteiger partial charge in [0, 0.05) is 11.1 Å². The van der Waals surface area contributed by atoms with Crippen molar-refractivity contribution in [2.75, 3.05) is 0 Å². The molecule has 0 unspecified atom stereocenters. The van der Waals surface area contributed by atoms with E-state index in [0.717, 1.165) is 21.9 Å². The van der Waals surface area contributed by atoms with Gasteiger partial charge in [-0.1, -0.05) is 18.2 Å². The fourth-order valence-electron chi connectivity index (χ4n) is 1.64. The van der Waals surface area contributed by atoms with Gasteiger partial charge in [-0.2, -0.15) is 0 Å². The van der Waals surface area contributed by atoms with E-state index in [2.05, 4.69) is 42.5 Å². The van der Waals surface area contributed by atoms with Crippen molar-refractivity contribution < 1.29 is 4.43 Å². The van der Waals surface area contributed by atoms with Crippen molar-refractivity contribution in [3.05, 3.63) is 46.2 Å². The summed E-state index contributed by atoms with van der Waals surface area (Å²) >= 11 is 1.69. The van der Waals surface area contributed by atoms with Crippen LogP contribution in [0.15, 0.2) is 40.7 Å². The average molecular weight is 275 g/mol. The van der Waals surface area contributed by atoms with E-state index < -0.39 is 9.04 Å². The maximum absolute atomic E-state index is 5.92. The maximum Gasteiger partial charge on any atom is 0.229 e. The van der Waals surface area contributed by atoms with E-state index >= 15 is 0 Å². The first kappa shape index (κ1) is 13.0. The Hall–Kier alpha value is -1.39. The van der Waals surface area contributed by atoms with Gasteiger partial charge in [0.15, 0.2) is 0 Å². The summed E-state index contributed by atoms with van der Waals surface area (Å²) in [5, 5.41) is 2.05. The van der Waals surface area contributed by atoms with Crippen molar-refractivity contribution in [2.24, 2.45) is 4.99 Å². The molecule has 0 N–H and O–H groups in total. The molecule has 0 atom stereocenters. The molecule has 94 valence electrons. The molecular formula is C14H17NOSSi. The molecule has 0 saturated carbocycles. The van der Waals surface area contributed by atoms with E-state index in [1.54, 1.807) is 11.3 Å². The summed E-state index contributed by atoms with van der Waals surface area (Å²) < 4.78 is 5.92. The number of thiophene rings is 1. The maximum atomic E-state index is 5.92. The van der Waals surface area contributed by atoms with Crippen molar-refractivity contribution in [2.45, 2.75) is 20.0 Å². The third-order valence-electron chi connectivity index (χ3n) is 2.43. The van der Waals surface area contributed by atoms with Gasteiger partial charge in [-0.25, -0.2) is 0 Å². The van der Waals surface area contributed by atoms with Crippen molar-refractivity contribution >= 4 is 32.3 Å². The van der Waals surface area contributed by atoms with E-state index in [4.69, 9.17) is 4.43 Å². The van der Waals surface area contributed by atoms with Gasteiger partial charge >= 0.3 is 0 Å². The Balaban J connectivity index is 2.30. The van der Waals surface area contributed by atoms with Crippen molar-refractivity contribution in [1.82, 2.24) is 0 Å².